The summed E-state index contributed by atoms with van der Waals surface area (Å²) in [5.74, 6) is -1.29. The number of benzene rings is 2. The van der Waals surface area contributed by atoms with Gasteiger partial charge in [-0.25, -0.2) is 4.79 Å². The highest BCUT2D eigenvalue weighted by molar-refractivity contribution is 6.00. The van der Waals surface area contributed by atoms with Gasteiger partial charge in [-0.3, -0.25) is 19.7 Å². The first-order valence-electron chi connectivity index (χ1n) is 10.6. The summed E-state index contributed by atoms with van der Waals surface area (Å²) < 4.78 is 40.5. The van der Waals surface area contributed by atoms with E-state index in [-0.39, 0.29) is 37.5 Å². The number of amides is 5. The molecule has 1 saturated heterocycles. The molecule has 12 heteroatoms. The highest BCUT2D eigenvalue weighted by Gasteiger charge is 2.32. The number of halogens is 3. The largest absolute Gasteiger partial charge is 0.573 e. The first kappa shape index (κ1) is 25.5. The van der Waals surface area contributed by atoms with E-state index in [9.17, 15) is 32.3 Å². The Bertz CT molecular complexity index is 1110. The van der Waals surface area contributed by atoms with E-state index >= 15 is 0 Å². The third-order valence-electron chi connectivity index (χ3n) is 5.31. The molecule has 3 rings (SSSR count). The molecule has 1 heterocycles. The number of nitrogens with zero attached hydrogens (tertiary/aromatic N) is 1. The maximum Gasteiger partial charge on any atom is 0.573 e. The molecule has 2 aromatic carbocycles. The van der Waals surface area contributed by atoms with Crippen LogP contribution in [0.3, 0.4) is 0 Å². The lowest BCUT2D eigenvalue weighted by atomic mass is 10.0. The van der Waals surface area contributed by atoms with Crippen LogP contribution in [0.5, 0.6) is 5.75 Å². The van der Waals surface area contributed by atoms with Crippen molar-refractivity contribution in [1.29, 1.82) is 0 Å². The monoisotopic (exact) mass is 492 g/mol. The number of carbonyl (C=O) groups excluding carboxylic acids is 4. The smallest absolute Gasteiger partial charge is 0.406 e. The number of hydrogen-bond acceptors (Lipinski definition) is 5. The van der Waals surface area contributed by atoms with E-state index in [4.69, 9.17) is 0 Å². The Morgan fingerprint density at radius 3 is 2.54 bits per heavy atom. The number of hydrogen-bond donors (Lipinski definition) is 3. The lowest BCUT2D eigenvalue weighted by Gasteiger charge is -2.30. The minimum absolute atomic E-state index is 0.133. The number of alkyl halides is 3. The fourth-order valence-corrected chi connectivity index (χ4v) is 3.52. The number of piperidine rings is 1. The molecule has 0 aromatic heterocycles. The van der Waals surface area contributed by atoms with E-state index in [2.05, 4.69) is 20.7 Å². The predicted molar refractivity (Wildman–Crippen MR) is 118 cm³/mol. The van der Waals surface area contributed by atoms with Crippen molar-refractivity contribution in [1.82, 2.24) is 15.5 Å². The van der Waals surface area contributed by atoms with E-state index < -0.39 is 30.1 Å². The lowest BCUT2D eigenvalue weighted by molar-refractivity contribution is -0.274. The number of ether oxygens (including phenoxy) is 1. The number of urea groups is 1. The molecule has 5 amide bonds. The van der Waals surface area contributed by atoms with Gasteiger partial charge in [0.2, 0.25) is 18.2 Å². The Kier molecular flexibility index (Phi) is 7.94. The topological polar surface area (TPSA) is 117 Å². The fourth-order valence-electron chi connectivity index (χ4n) is 3.52. The fraction of sp³-hybridized carbons (Fsp3) is 0.304. The van der Waals surface area contributed by atoms with Crippen LogP contribution in [0.25, 0.3) is 0 Å². The van der Waals surface area contributed by atoms with Gasteiger partial charge in [0.15, 0.2) is 0 Å². The predicted octanol–water partition coefficient (Wildman–Crippen LogP) is 2.98. The second-order valence-electron chi connectivity index (χ2n) is 7.89. The van der Waals surface area contributed by atoms with Crippen molar-refractivity contribution in [2.75, 3.05) is 5.32 Å². The molecule has 3 N–H and O–H groups in total. The van der Waals surface area contributed by atoms with E-state index in [1.165, 1.54) is 17.0 Å². The molecule has 0 spiro atoms. The van der Waals surface area contributed by atoms with Crippen LogP contribution >= 0.6 is 0 Å². The minimum Gasteiger partial charge on any atom is -0.406 e. The van der Waals surface area contributed by atoms with Gasteiger partial charge in [-0.1, -0.05) is 18.2 Å². The Balaban J connectivity index is 1.57. The molecular weight excluding hydrogens is 469 g/mol. The van der Waals surface area contributed by atoms with Crippen molar-refractivity contribution in [3.05, 3.63) is 59.2 Å². The Morgan fingerprint density at radius 1 is 1.20 bits per heavy atom. The van der Waals surface area contributed by atoms with Gasteiger partial charge in [0, 0.05) is 25.2 Å². The first-order valence-corrected chi connectivity index (χ1v) is 10.6. The molecule has 9 nitrogen and oxygen atoms in total. The zero-order valence-electron chi connectivity index (χ0n) is 18.6. The van der Waals surface area contributed by atoms with Crippen LogP contribution < -0.4 is 20.7 Å². The second-order valence-corrected chi connectivity index (χ2v) is 7.89. The number of carbonyl (C=O) groups is 4. The quantitative estimate of drug-likeness (QED) is 0.387. The molecular formula is C23H23F3N4O5. The third-order valence-corrected chi connectivity index (χ3v) is 5.31. The van der Waals surface area contributed by atoms with Crippen molar-refractivity contribution < 1.29 is 37.1 Å². The average molecular weight is 492 g/mol. The number of nitrogens with one attached hydrogen (secondary N) is 3. The summed E-state index contributed by atoms with van der Waals surface area (Å²) in [6, 6.07) is 8.78. The van der Waals surface area contributed by atoms with Crippen molar-refractivity contribution in [2.45, 2.75) is 45.3 Å². The number of anilines is 1. The van der Waals surface area contributed by atoms with Gasteiger partial charge in [0.05, 0.1) is 0 Å². The van der Waals surface area contributed by atoms with Crippen molar-refractivity contribution in [2.24, 2.45) is 0 Å². The van der Waals surface area contributed by atoms with E-state index in [0.29, 0.717) is 6.41 Å². The van der Waals surface area contributed by atoms with E-state index in [1.807, 2.05) is 13.0 Å². The minimum atomic E-state index is -4.80. The second kappa shape index (κ2) is 10.9. The Labute approximate surface area is 198 Å². The lowest BCUT2D eigenvalue weighted by Crippen LogP contribution is -2.51. The van der Waals surface area contributed by atoms with Gasteiger partial charge >= 0.3 is 12.4 Å². The summed E-state index contributed by atoms with van der Waals surface area (Å²) in [6.07, 6.45) is -3.84. The molecule has 0 aliphatic carbocycles. The standard InChI is InChI=1S/C23H23F3N4O5/c1-14-2-3-15(10-16(14)12-30(13-31)19-8-9-20(32)29-21(19)33)11-27-22(34)28-17-4-6-18(7-5-17)35-23(24,25)26/h2-7,10,13,19H,8-9,11-12H2,1H3,(H2,27,28,34)(H,29,32,33). The number of aryl methyl sites for hydroxylation is 1. The van der Waals surface area contributed by atoms with Crippen molar-refractivity contribution >= 4 is 29.9 Å². The molecule has 1 aliphatic heterocycles. The van der Waals surface area contributed by atoms with Gasteiger partial charge < -0.3 is 20.3 Å². The number of imide groups is 1. The van der Waals surface area contributed by atoms with Crippen LogP contribution in [0.15, 0.2) is 42.5 Å². The van der Waals surface area contributed by atoms with Gasteiger partial charge in [-0.15, -0.1) is 13.2 Å². The summed E-state index contributed by atoms with van der Waals surface area (Å²) in [4.78, 5) is 48.6. The third kappa shape index (κ3) is 7.45. The van der Waals surface area contributed by atoms with Gasteiger partial charge in [-0.2, -0.15) is 0 Å². The molecule has 2 aromatic rings. The normalized spacial score (nSPS) is 15.7. The van der Waals surface area contributed by atoms with Crippen LogP contribution in [0, 0.1) is 6.92 Å². The Morgan fingerprint density at radius 2 is 1.91 bits per heavy atom. The van der Waals surface area contributed by atoms with Crippen molar-refractivity contribution in [3.63, 3.8) is 0 Å². The summed E-state index contributed by atoms with van der Waals surface area (Å²) in [6.45, 7) is 2.13. The summed E-state index contributed by atoms with van der Waals surface area (Å²) in [7, 11) is 0. The molecule has 0 saturated carbocycles. The van der Waals surface area contributed by atoms with E-state index in [1.54, 1.807) is 12.1 Å². The van der Waals surface area contributed by atoms with Crippen LogP contribution in [0.2, 0.25) is 0 Å². The highest BCUT2D eigenvalue weighted by atomic mass is 19.4. The van der Waals surface area contributed by atoms with Crippen molar-refractivity contribution in [3.8, 4) is 5.75 Å². The van der Waals surface area contributed by atoms with Crippen LogP contribution in [-0.4, -0.2) is 41.6 Å². The SMILES string of the molecule is Cc1ccc(CNC(=O)Nc2ccc(OC(F)(F)F)cc2)cc1CN(C=O)C1CCC(=O)NC1=O. The molecule has 186 valence electrons. The van der Waals surface area contributed by atoms with Crippen LogP contribution in [-0.2, 0) is 27.5 Å². The zero-order valence-corrected chi connectivity index (χ0v) is 18.6. The van der Waals surface area contributed by atoms with Crippen LogP contribution in [0.1, 0.15) is 29.5 Å². The Hall–Kier alpha value is -4.09. The van der Waals surface area contributed by atoms with Gasteiger partial charge in [0.25, 0.3) is 0 Å². The van der Waals surface area contributed by atoms with Gasteiger partial charge in [-0.05, 0) is 54.3 Å². The molecule has 1 aliphatic rings. The maximum absolute atomic E-state index is 12.2. The summed E-state index contributed by atoms with van der Waals surface area (Å²) in [5.41, 5.74) is 2.64. The summed E-state index contributed by atoms with van der Waals surface area (Å²) >= 11 is 0. The zero-order chi connectivity index (χ0) is 25.6. The van der Waals surface area contributed by atoms with E-state index in [0.717, 1.165) is 28.8 Å². The molecule has 35 heavy (non-hydrogen) atoms. The maximum atomic E-state index is 12.2. The molecule has 1 unspecified atom stereocenters. The average Bonchev–Trinajstić information content (AvgIpc) is 2.78. The first-order chi connectivity index (χ1) is 16.5. The molecule has 1 fully saturated rings. The van der Waals surface area contributed by atoms with Gasteiger partial charge in [0.1, 0.15) is 11.8 Å². The number of rotatable bonds is 8. The summed E-state index contributed by atoms with van der Waals surface area (Å²) in [5, 5.41) is 7.38. The molecule has 1 atom stereocenters. The highest BCUT2D eigenvalue weighted by Crippen LogP contribution is 2.24. The molecule has 0 radical (unpaired) electrons. The molecule has 0 bridgehead atoms. The van der Waals surface area contributed by atoms with Crippen LogP contribution in [0.4, 0.5) is 23.7 Å².